The predicted octanol–water partition coefficient (Wildman–Crippen LogP) is 4.66. The second-order valence-electron chi connectivity index (χ2n) is 9.30. The molecule has 2 heterocycles. The van der Waals surface area contributed by atoms with Crippen LogP contribution in [-0.4, -0.2) is 52.8 Å². The number of ether oxygens (including phenoxy) is 1. The van der Waals surface area contributed by atoms with Gasteiger partial charge in [-0.3, -0.25) is 14.7 Å². The Morgan fingerprint density at radius 1 is 1.25 bits per heavy atom. The van der Waals surface area contributed by atoms with Crippen molar-refractivity contribution in [2.45, 2.75) is 31.8 Å². The van der Waals surface area contributed by atoms with Crippen LogP contribution >= 0.6 is 0 Å². The molecule has 3 aromatic rings. The zero-order valence-corrected chi connectivity index (χ0v) is 20.4. The molecule has 1 aliphatic rings. The summed E-state index contributed by atoms with van der Waals surface area (Å²) in [5.41, 5.74) is 1.96. The molecule has 0 unspecified atom stereocenters. The molecule has 1 aromatic heterocycles. The number of aromatic nitrogens is 1. The molecular weight excluding hydrogens is 459 g/mol. The number of hydrogen-bond donors (Lipinski definition) is 2. The molecule has 1 aliphatic heterocycles. The van der Waals surface area contributed by atoms with Crippen LogP contribution in [0.25, 0.3) is 10.9 Å². The summed E-state index contributed by atoms with van der Waals surface area (Å²) in [5, 5.41) is 21.4. The minimum Gasteiger partial charge on any atom is -0.497 e. The molecule has 0 spiro atoms. The number of rotatable bonds is 8. The number of likely N-dealkylation sites (tertiary alicyclic amines) is 1. The molecule has 7 heteroatoms. The number of fused-ring (bicyclic) bond motifs is 1. The normalized spacial score (nSPS) is 18.9. The van der Waals surface area contributed by atoms with Crippen molar-refractivity contribution in [1.82, 2.24) is 9.88 Å². The number of pyridine rings is 1. The van der Waals surface area contributed by atoms with E-state index in [-0.39, 0.29) is 24.1 Å². The molecule has 1 saturated heterocycles. The summed E-state index contributed by atoms with van der Waals surface area (Å²) in [4.78, 5) is 18.1. The topological polar surface area (TPSA) is 82.9 Å². The average Bonchev–Trinajstić information content (AvgIpc) is 2.88. The number of carboxylic acid groups (broad SMARTS) is 1. The SMILES string of the molecule is COc1ccc2nccc([C@@H](O)CC[C@@H]3CCN(CC#Cc4ccccc4F)C[C@@H]3CC(=O)O)c2c1. The van der Waals surface area contributed by atoms with Crippen molar-refractivity contribution in [2.75, 3.05) is 26.7 Å². The van der Waals surface area contributed by atoms with Gasteiger partial charge < -0.3 is 14.9 Å². The van der Waals surface area contributed by atoms with Crippen LogP contribution < -0.4 is 4.74 Å². The van der Waals surface area contributed by atoms with E-state index in [0.717, 1.165) is 35.9 Å². The summed E-state index contributed by atoms with van der Waals surface area (Å²) < 4.78 is 19.1. The molecule has 4 rings (SSSR count). The van der Waals surface area contributed by atoms with E-state index < -0.39 is 12.1 Å². The number of nitrogens with zero attached hydrogens (tertiary/aromatic N) is 2. The highest BCUT2D eigenvalue weighted by atomic mass is 19.1. The van der Waals surface area contributed by atoms with E-state index >= 15 is 0 Å². The summed E-state index contributed by atoms with van der Waals surface area (Å²) in [7, 11) is 1.61. The van der Waals surface area contributed by atoms with Crippen LogP contribution in [0, 0.1) is 29.5 Å². The van der Waals surface area contributed by atoms with Crippen molar-refractivity contribution >= 4 is 16.9 Å². The van der Waals surface area contributed by atoms with E-state index in [1.807, 2.05) is 24.3 Å². The Labute approximate surface area is 210 Å². The van der Waals surface area contributed by atoms with Crippen molar-refractivity contribution in [2.24, 2.45) is 11.8 Å². The molecule has 188 valence electrons. The number of carbonyl (C=O) groups is 1. The first-order chi connectivity index (χ1) is 17.4. The molecule has 0 amide bonds. The molecule has 0 aliphatic carbocycles. The number of methoxy groups -OCH3 is 1. The number of aliphatic hydroxyl groups is 1. The number of piperidine rings is 1. The fraction of sp³-hybridized carbons (Fsp3) is 0.379. The maximum absolute atomic E-state index is 13.8. The highest BCUT2D eigenvalue weighted by molar-refractivity contribution is 5.83. The molecule has 2 aromatic carbocycles. The smallest absolute Gasteiger partial charge is 0.303 e. The Hall–Kier alpha value is -3.47. The molecule has 0 radical (unpaired) electrons. The molecular formula is C29H31FN2O4. The van der Waals surface area contributed by atoms with Crippen molar-refractivity contribution in [3.63, 3.8) is 0 Å². The van der Waals surface area contributed by atoms with Crippen LogP contribution in [0.2, 0.25) is 0 Å². The third-order valence-corrected chi connectivity index (χ3v) is 6.96. The second kappa shape index (κ2) is 12.0. The maximum Gasteiger partial charge on any atom is 0.303 e. The minimum atomic E-state index is -0.822. The number of halogens is 1. The third kappa shape index (κ3) is 6.39. The first kappa shape index (κ1) is 25.6. The van der Waals surface area contributed by atoms with Gasteiger partial charge in [0.2, 0.25) is 0 Å². The summed E-state index contributed by atoms with van der Waals surface area (Å²) >= 11 is 0. The molecule has 0 saturated carbocycles. The van der Waals surface area contributed by atoms with Crippen molar-refractivity contribution in [3.05, 3.63) is 71.7 Å². The summed E-state index contributed by atoms with van der Waals surface area (Å²) in [6, 6.07) is 13.8. The van der Waals surface area contributed by atoms with Gasteiger partial charge in [0.05, 0.1) is 30.8 Å². The second-order valence-corrected chi connectivity index (χ2v) is 9.30. The molecule has 36 heavy (non-hydrogen) atoms. The van der Waals surface area contributed by atoms with E-state index in [1.54, 1.807) is 31.5 Å². The van der Waals surface area contributed by atoms with Gasteiger partial charge in [0.15, 0.2) is 0 Å². The molecule has 1 fully saturated rings. The molecule has 2 N–H and O–H groups in total. The van der Waals surface area contributed by atoms with Crippen LogP contribution in [0.4, 0.5) is 4.39 Å². The lowest BCUT2D eigenvalue weighted by atomic mass is 9.79. The summed E-state index contributed by atoms with van der Waals surface area (Å²) in [5.74, 6) is 5.61. The van der Waals surface area contributed by atoms with Gasteiger partial charge in [-0.05, 0) is 79.6 Å². The van der Waals surface area contributed by atoms with Crippen LogP contribution in [0.15, 0.2) is 54.7 Å². The fourth-order valence-corrected chi connectivity index (χ4v) is 5.04. The van der Waals surface area contributed by atoms with Gasteiger partial charge in [-0.2, -0.15) is 0 Å². The lowest BCUT2D eigenvalue weighted by Gasteiger charge is -2.37. The van der Waals surface area contributed by atoms with Gasteiger partial charge in [0.25, 0.3) is 0 Å². The maximum atomic E-state index is 13.8. The first-order valence-corrected chi connectivity index (χ1v) is 12.2. The monoisotopic (exact) mass is 490 g/mol. The Kier molecular flexibility index (Phi) is 8.52. The lowest BCUT2D eigenvalue weighted by Crippen LogP contribution is -2.41. The van der Waals surface area contributed by atoms with Crippen molar-refractivity contribution in [1.29, 1.82) is 0 Å². The quantitative estimate of drug-likeness (QED) is 0.447. The van der Waals surface area contributed by atoms with Gasteiger partial charge in [0, 0.05) is 24.5 Å². The number of carboxylic acids is 1. The van der Waals surface area contributed by atoms with Gasteiger partial charge in [-0.15, -0.1) is 0 Å². The van der Waals surface area contributed by atoms with Crippen molar-refractivity contribution in [3.8, 4) is 17.6 Å². The number of hydrogen-bond acceptors (Lipinski definition) is 5. The zero-order valence-electron chi connectivity index (χ0n) is 20.4. The highest BCUT2D eigenvalue weighted by Gasteiger charge is 2.31. The lowest BCUT2D eigenvalue weighted by molar-refractivity contribution is -0.139. The third-order valence-electron chi connectivity index (χ3n) is 6.96. The summed E-state index contributed by atoms with van der Waals surface area (Å²) in [6.45, 7) is 1.87. The van der Waals surface area contributed by atoms with Gasteiger partial charge in [-0.1, -0.05) is 24.0 Å². The van der Waals surface area contributed by atoms with Crippen LogP contribution in [-0.2, 0) is 4.79 Å². The van der Waals surface area contributed by atoms with Gasteiger partial charge >= 0.3 is 5.97 Å². The Morgan fingerprint density at radius 3 is 2.86 bits per heavy atom. The van der Waals surface area contributed by atoms with E-state index in [4.69, 9.17) is 4.74 Å². The van der Waals surface area contributed by atoms with E-state index in [0.29, 0.717) is 30.8 Å². The first-order valence-electron chi connectivity index (χ1n) is 12.2. The predicted molar refractivity (Wildman–Crippen MR) is 136 cm³/mol. The number of aliphatic hydroxyl groups excluding tert-OH is 1. The zero-order chi connectivity index (χ0) is 25.5. The Bertz CT molecular complexity index is 1270. The highest BCUT2D eigenvalue weighted by Crippen LogP contribution is 2.34. The Balaban J connectivity index is 1.39. The largest absolute Gasteiger partial charge is 0.497 e. The summed E-state index contributed by atoms with van der Waals surface area (Å²) in [6.07, 6.45) is 3.18. The van der Waals surface area contributed by atoms with Crippen LogP contribution in [0.5, 0.6) is 5.75 Å². The average molecular weight is 491 g/mol. The number of aliphatic carboxylic acids is 1. The Morgan fingerprint density at radius 2 is 2.08 bits per heavy atom. The standard InChI is InChI=1S/C29H31FN2O4/c1-36-23-9-10-27-25(18-23)24(12-14-31-27)28(33)11-8-20-13-16-32(19-22(20)17-29(34)35)15-4-6-21-5-2-3-7-26(21)30/h2-3,5,7,9-10,12,14,18,20,22,28,33H,8,11,13,15-17,19H2,1H3,(H,34,35)/t20-,22+,28+/m1/s1. The number of benzene rings is 2. The molecule has 0 bridgehead atoms. The van der Waals surface area contributed by atoms with E-state index in [1.165, 1.54) is 6.07 Å². The molecule has 6 nitrogen and oxygen atoms in total. The fourth-order valence-electron chi connectivity index (χ4n) is 5.04. The van der Waals surface area contributed by atoms with E-state index in [9.17, 15) is 19.4 Å². The van der Waals surface area contributed by atoms with Crippen LogP contribution in [0.1, 0.15) is 42.9 Å². The van der Waals surface area contributed by atoms with Gasteiger partial charge in [0.1, 0.15) is 11.6 Å². The van der Waals surface area contributed by atoms with Crippen LogP contribution in [0.3, 0.4) is 0 Å². The minimum absolute atomic E-state index is 0.0343. The van der Waals surface area contributed by atoms with E-state index in [2.05, 4.69) is 21.7 Å². The van der Waals surface area contributed by atoms with Crippen molar-refractivity contribution < 1.29 is 24.1 Å². The van der Waals surface area contributed by atoms with Gasteiger partial charge in [-0.25, -0.2) is 4.39 Å². The molecule has 3 atom stereocenters.